The predicted molar refractivity (Wildman–Crippen MR) is 148 cm³/mol. The first-order chi connectivity index (χ1) is 17.4. The number of rotatable bonds is 9. The minimum Gasteiger partial charge on any atom is -0.466 e. The molecule has 0 spiro atoms. The molecule has 37 heavy (non-hydrogen) atoms. The molecule has 1 amide bonds. The number of esters is 1. The third-order valence-electron chi connectivity index (χ3n) is 11.3. The van der Waals surface area contributed by atoms with E-state index in [2.05, 4.69) is 32.2 Å². The molecule has 5 nitrogen and oxygen atoms in total. The van der Waals surface area contributed by atoms with E-state index < -0.39 is 5.60 Å². The van der Waals surface area contributed by atoms with E-state index in [1.54, 1.807) is 12.5 Å². The molecule has 4 aliphatic rings. The Balaban J connectivity index is 1.38. The Morgan fingerprint density at radius 3 is 2.59 bits per heavy atom. The maximum Gasteiger partial charge on any atom is 0.306 e. The smallest absolute Gasteiger partial charge is 0.306 e. The lowest BCUT2D eigenvalue weighted by Crippen LogP contribution is -2.52. The molecule has 210 valence electrons. The van der Waals surface area contributed by atoms with Gasteiger partial charge < -0.3 is 15.2 Å². The van der Waals surface area contributed by atoms with Crippen LogP contribution in [0.5, 0.6) is 0 Å². The largest absolute Gasteiger partial charge is 0.466 e. The summed E-state index contributed by atoms with van der Waals surface area (Å²) in [4.78, 5) is 24.1. The Morgan fingerprint density at radius 1 is 1.14 bits per heavy atom. The fourth-order valence-electron chi connectivity index (χ4n) is 9.29. The SMILES string of the molecule is CCOC(=O)CCC(=O)N[C@H]1CC[C@@]2(C)C(=CCC3C4CCC(C(C)CCC(C)(C)O)[C@@]4(C)CCC32)C1. The molecule has 3 fully saturated rings. The second-order valence-corrected chi connectivity index (χ2v) is 14.1. The first kappa shape index (κ1) is 28.6. The Morgan fingerprint density at radius 2 is 1.89 bits per heavy atom. The Hall–Kier alpha value is -1.36. The van der Waals surface area contributed by atoms with Crippen LogP contribution in [0.2, 0.25) is 0 Å². The number of carbonyl (C=O) groups is 2. The van der Waals surface area contributed by atoms with Crippen molar-refractivity contribution in [1.82, 2.24) is 5.32 Å². The summed E-state index contributed by atoms with van der Waals surface area (Å²) in [5, 5.41) is 13.5. The van der Waals surface area contributed by atoms with Crippen molar-refractivity contribution >= 4 is 11.9 Å². The molecule has 0 heterocycles. The van der Waals surface area contributed by atoms with Crippen molar-refractivity contribution in [2.75, 3.05) is 6.61 Å². The molecule has 5 heteroatoms. The van der Waals surface area contributed by atoms with Crippen molar-refractivity contribution < 1.29 is 19.4 Å². The maximum absolute atomic E-state index is 12.5. The second-order valence-electron chi connectivity index (χ2n) is 14.1. The molecular formula is C32H53NO4. The van der Waals surface area contributed by atoms with E-state index in [-0.39, 0.29) is 36.2 Å². The standard InChI is InChI=1S/C32H53NO4/c1-7-37-29(35)13-12-28(34)33-23-15-18-31(5)22(20-23)8-9-24-26-11-10-25(21(2)14-17-30(3,4)36)32(26,6)19-16-27(24)31/h8,21,23-27,36H,7,9-20H2,1-6H3,(H,33,34)/t21?,23-,24?,25?,26?,27?,31-,32+/m0/s1. The number of ether oxygens (including phenoxy) is 1. The highest BCUT2D eigenvalue weighted by Crippen LogP contribution is 2.67. The number of nitrogens with one attached hydrogen (secondary N) is 1. The molecule has 5 unspecified atom stereocenters. The van der Waals surface area contributed by atoms with E-state index in [0.717, 1.165) is 55.8 Å². The highest BCUT2D eigenvalue weighted by molar-refractivity contribution is 5.81. The molecule has 0 saturated heterocycles. The summed E-state index contributed by atoms with van der Waals surface area (Å²) in [5.74, 6) is 3.49. The number of fused-ring (bicyclic) bond motifs is 5. The molecule has 0 aromatic rings. The van der Waals surface area contributed by atoms with Crippen molar-refractivity contribution in [2.45, 2.75) is 130 Å². The molecule has 3 saturated carbocycles. The van der Waals surface area contributed by atoms with Gasteiger partial charge in [-0.05, 0) is 125 Å². The van der Waals surface area contributed by atoms with E-state index in [4.69, 9.17) is 4.74 Å². The first-order valence-electron chi connectivity index (χ1n) is 15.2. The van der Waals surface area contributed by atoms with Gasteiger partial charge in [0.2, 0.25) is 5.91 Å². The minimum atomic E-state index is -0.566. The normalized spacial score (nSPS) is 38.0. The fraction of sp³-hybridized carbons (Fsp3) is 0.875. The van der Waals surface area contributed by atoms with Crippen LogP contribution in [0.4, 0.5) is 0 Å². The number of hydrogen-bond donors (Lipinski definition) is 2. The van der Waals surface area contributed by atoms with E-state index in [9.17, 15) is 14.7 Å². The summed E-state index contributed by atoms with van der Waals surface area (Å²) >= 11 is 0. The number of hydrogen-bond acceptors (Lipinski definition) is 4. The van der Waals surface area contributed by atoms with Crippen LogP contribution < -0.4 is 5.32 Å². The van der Waals surface area contributed by atoms with Crippen molar-refractivity contribution in [1.29, 1.82) is 0 Å². The zero-order valence-corrected chi connectivity index (χ0v) is 24.4. The van der Waals surface area contributed by atoms with Gasteiger partial charge in [0.25, 0.3) is 0 Å². The summed E-state index contributed by atoms with van der Waals surface area (Å²) in [6, 6.07) is 0.187. The van der Waals surface area contributed by atoms with Gasteiger partial charge in [-0.1, -0.05) is 32.4 Å². The molecule has 0 aliphatic heterocycles. The molecular weight excluding hydrogens is 462 g/mol. The number of carbonyl (C=O) groups excluding carboxylic acids is 2. The molecule has 0 aromatic heterocycles. The number of allylic oxidation sites excluding steroid dienone is 1. The molecule has 0 radical (unpaired) electrons. The van der Waals surface area contributed by atoms with Gasteiger partial charge in [0, 0.05) is 12.5 Å². The molecule has 0 aromatic carbocycles. The molecule has 0 bridgehead atoms. The third-order valence-corrected chi connectivity index (χ3v) is 11.3. The van der Waals surface area contributed by atoms with Gasteiger partial charge in [0.05, 0.1) is 18.6 Å². The molecule has 4 rings (SSSR count). The van der Waals surface area contributed by atoms with Gasteiger partial charge in [-0.25, -0.2) is 0 Å². The van der Waals surface area contributed by atoms with Crippen LogP contribution in [0.25, 0.3) is 0 Å². The van der Waals surface area contributed by atoms with Gasteiger partial charge in [-0.2, -0.15) is 0 Å². The molecule has 4 aliphatic carbocycles. The summed E-state index contributed by atoms with van der Waals surface area (Å²) in [6.45, 7) is 13.6. The van der Waals surface area contributed by atoms with Crippen LogP contribution in [0.3, 0.4) is 0 Å². The summed E-state index contributed by atoms with van der Waals surface area (Å²) < 4.78 is 4.96. The van der Waals surface area contributed by atoms with E-state index in [1.165, 1.54) is 32.1 Å². The van der Waals surface area contributed by atoms with Crippen LogP contribution in [0.1, 0.15) is 119 Å². The second kappa shape index (κ2) is 11.0. The number of aliphatic hydroxyl groups is 1. The predicted octanol–water partition coefficient (Wildman–Crippen LogP) is 6.58. The zero-order valence-electron chi connectivity index (χ0n) is 24.4. The lowest BCUT2D eigenvalue weighted by molar-refractivity contribution is -0.144. The van der Waals surface area contributed by atoms with Crippen LogP contribution in [-0.4, -0.2) is 35.2 Å². The van der Waals surface area contributed by atoms with Crippen LogP contribution >= 0.6 is 0 Å². The minimum absolute atomic E-state index is 0.0277. The Labute approximate surface area is 225 Å². The van der Waals surface area contributed by atoms with Crippen molar-refractivity contribution in [3.05, 3.63) is 11.6 Å². The lowest BCUT2D eigenvalue weighted by atomic mass is 9.47. The van der Waals surface area contributed by atoms with Gasteiger partial charge >= 0.3 is 5.97 Å². The highest BCUT2D eigenvalue weighted by Gasteiger charge is 2.59. The summed E-state index contributed by atoms with van der Waals surface area (Å²) in [5.41, 5.74) is 1.71. The van der Waals surface area contributed by atoms with Crippen molar-refractivity contribution in [2.24, 2.45) is 40.4 Å². The molecule has 8 atom stereocenters. The highest BCUT2D eigenvalue weighted by atomic mass is 16.5. The average molecular weight is 516 g/mol. The van der Waals surface area contributed by atoms with E-state index in [0.29, 0.717) is 17.9 Å². The Bertz CT molecular complexity index is 875. The first-order valence-corrected chi connectivity index (χ1v) is 15.2. The van der Waals surface area contributed by atoms with Crippen molar-refractivity contribution in [3.63, 3.8) is 0 Å². The van der Waals surface area contributed by atoms with E-state index in [1.807, 2.05) is 13.8 Å². The summed E-state index contributed by atoms with van der Waals surface area (Å²) in [7, 11) is 0. The number of amides is 1. The topological polar surface area (TPSA) is 75.6 Å². The van der Waals surface area contributed by atoms with Crippen molar-refractivity contribution in [3.8, 4) is 0 Å². The fourth-order valence-corrected chi connectivity index (χ4v) is 9.29. The van der Waals surface area contributed by atoms with Crippen LogP contribution in [0, 0.1) is 40.4 Å². The van der Waals surface area contributed by atoms with Gasteiger partial charge in [0.15, 0.2) is 0 Å². The van der Waals surface area contributed by atoms with Gasteiger partial charge in [-0.3, -0.25) is 9.59 Å². The lowest BCUT2D eigenvalue weighted by Gasteiger charge is -2.58. The average Bonchev–Trinajstić information content (AvgIpc) is 3.18. The summed E-state index contributed by atoms with van der Waals surface area (Å²) in [6.07, 6.45) is 14.7. The third kappa shape index (κ3) is 5.97. The van der Waals surface area contributed by atoms with Crippen LogP contribution in [0.15, 0.2) is 11.6 Å². The monoisotopic (exact) mass is 515 g/mol. The van der Waals surface area contributed by atoms with E-state index >= 15 is 0 Å². The quantitative estimate of drug-likeness (QED) is 0.269. The maximum atomic E-state index is 12.5. The van der Waals surface area contributed by atoms with Gasteiger partial charge in [-0.15, -0.1) is 0 Å². The van der Waals surface area contributed by atoms with Gasteiger partial charge in [0.1, 0.15) is 0 Å². The Kier molecular flexibility index (Phi) is 8.53. The van der Waals surface area contributed by atoms with Crippen LogP contribution in [-0.2, 0) is 14.3 Å². The molecule has 2 N–H and O–H groups in total. The zero-order chi connectivity index (χ0) is 27.0.